The number of hydrogen-bond donors (Lipinski definition) is 2. The first kappa shape index (κ1) is 15.5. The average molecular weight is 291 g/mol. The molecule has 1 aliphatic heterocycles. The smallest absolute Gasteiger partial charge is 0.335 e. The van der Waals surface area contributed by atoms with E-state index in [9.17, 15) is 9.59 Å². The minimum Gasteiger partial charge on any atom is -0.478 e. The molecule has 1 aromatic carbocycles. The fraction of sp³-hybridized carbons (Fsp3) is 0.500. The number of carbonyl (C=O) groups excluding carboxylic acids is 1. The molecule has 2 rings (SSSR count). The van der Waals surface area contributed by atoms with Crippen molar-refractivity contribution in [2.45, 2.75) is 44.8 Å². The Balaban J connectivity index is 1.76. The molecule has 2 unspecified atom stereocenters. The van der Waals surface area contributed by atoms with Crippen molar-refractivity contribution in [2.75, 3.05) is 6.61 Å². The van der Waals surface area contributed by atoms with Gasteiger partial charge in [-0.2, -0.15) is 0 Å². The highest BCUT2D eigenvalue weighted by Gasteiger charge is 2.20. The van der Waals surface area contributed by atoms with Crippen LogP contribution >= 0.6 is 0 Å². The van der Waals surface area contributed by atoms with Crippen LogP contribution in [0.4, 0.5) is 0 Å². The van der Waals surface area contributed by atoms with Gasteiger partial charge in [0, 0.05) is 19.1 Å². The number of aryl methyl sites for hydroxylation is 1. The third kappa shape index (κ3) is 4.86. The van der Waals surface area contributed by atoms with Crippen molar-refractivity contribution in [3.05, 3.63) is 35.4 Å². The van der Waals surface area contributed by atoms with Gasteiger partial charge in [-0.3, -0.25) is 4.79 Å². The van der Waals surface area contributed by atoms with E-state index in [1.54, 1.807) is 24.3 Å². The van der Waals surface area contributed by atoms with Gasteiger partial charge in [0.25, 0.3) is 0 Å². The summed E-state index contributed by atoms with van der Waals surface area (Å²) in [4.78, 5) is 22.7. The van der Waals surface area contributed by atoms with Crippen molar-refractivity contribution in [3.8, 4) is 0 Å². The number of hydrogen-bond acceptors (Lipinski definition) is 3. The molecule has 5 heteroatoms. The summed E-state index contributed by atoms with van der Waals surface area (Å²) in [6.45, 7) is 2.71. The standard InChI is InChI=1S/C16H21NO4/c1-11-10-14(8-9-21-11)17-15(18)7-4-12-2-5-13(6-3-12)16(19)20/h2-3,5-6,11,14H,4,7-10H2,1H3,(H,17,18)(H,19,20). The number of carboxylic acid groups (broad SMARTS) is 1. The van der Waals surface area contributed by atoms with Gasteiger partial charge in [-0.05, 0) is 43.9 Å². The largest absolute Gasteiger partial charge is 0.478 e. The molecule has 0 bridgehead atoms. The van der Waals surface area contributed by atoms with Gasteiger partial charge in [0.1, 0.15) is 0 Å². The molecule has 21 heavy (non-hydrogen) atoms. The van der Waals surface area contributed by atoms with Crippen molar-refractivity contribution >= 4 is 11.9 Å². The molecule has 1 aromatic rings. The lowest BCUT2D eigenvalue weighted by molar-refractivity contribution is -0.122. The van der Waals surface area contributed by atoms with E-state index in [1.165, 1.54) is 0 Å². The second-order valence-corrected chi connectivity index (χ2v) is 5.47. The summed E-state index contributed by atoms with van der Waals surface area (Å²) in [5, 5.41) is 11.9. The van der Waals surface area contributed by atoms with E-state index in [0.29, 0.717) is 19.4 Å². The molecule has 2 atom stereocenters. The summed E-state index contributed by atoms with van der Waals surface area (Å²) in [5.74, 6) is -0.899. The minimum atomic E-state index is -0.937. The summed E-state index contributed by atoms with van der Waals surface area (Å²) >= 11 is 0. The number of amides is 1. The number of rotatable bonds is 5. The van der Waals surface area contributed by atoms with E-state index in [-0.39, 0.29) is 23.6 Å². The van der Waals surface area contributed by atoms with Crippen molar-refractivity contribution in [1.82, 2.24) is 5.32 Å². The van der Waals surface area contributed by atoms with Crippen LogP contribution in [0.1, 0.15) is 42.1 Å². The maximum absolute atomic E-state index is 11.9. The third-order valence-corrected chi connectivity index (χ3v) is 3.69. The SMILES string of the molecule is CC1CC(NC(=O)CCc2ccc(C(=O)O)cc2)CCO1. The molecule has 2 N–H and O–H groups in total. The highest BCUT2D eigenvalue weighted by Crippen LogP contribution is 2.13. The van der Waals surface area contributed by atoms with Gasteiger partial charge in [-0.1, -0.05) is 12.1 Å². The topological polar surface area (TPSA) is 75.6 Å². The first-order chi connectivity index (χ1) is 10.0. The van der Waals surface area contributed by atoms with Crippen LogP contribution in [0, 0.1) is 0 Å². The molecule has 1 fully saturated rings. The maximum atomic E-state index is 11.9. The van der Waals surface area contributed by atoms with Gasteiger partial charge in [-0.15, -0.1) is 0 Å². The molecule has 1 aliphatic rings. The predicted octanol–water partition coefficient (Wildman–Crippen LogP) is 2.00. The van der Waals surface area contributed by atoms with Crippen molar-refractivity contribution in [3.63, 3.8) is 0 Å². The van der Waals surface area contributed by atoms with Crippen LogP contribution in [0.15, 0.2) is 24.3 Å². The van der Waals surface area contributed by atoms with Gasteiger partial charge in [0.15, 0.2) is 0 Å². The Morgan fingerprint density at radius 1 is 1.33 bits per heavy atom. The van der Waals surface area contributed by atoms with Gasteiger partial charge in [0.05, 0.1) is 11.7 Å². The van der Waals surface area contributed by atoms with Crippen LogP contribution in [0.2, 0.25) is 0 Å². The second kappa shape index (κ2) is 7.22. The monoisotopic (exact) mass is 291 g/mol. The van der Waals surface area contributed by atoms with E-state index in [0.717, 1.165) is 18.4 Å². The van der Waals surface area contributed by atoms with E-state index in [4.69, 9.17) is 9.84 Å². The molecule has 5 nitrogen and oxygen atoms in total. The van der Waals surface area contributed by atoms with Gasteiger partial charge in [0.2, 0.25) is 5.91 Å². The number of nitrogens with one attached hydrogen (secondary N) is 1. The van der Waals surface area contributed by atoms with E-state index < -0.39 is 5.97 Å². The zero-order valence-electron chi connectivity index (χ0n) is 12.2. The van der Waals surface area contributed by atoms with Crippen LogP contribution < -0.4 is 5.32 Å². The minimum absolute atomic E-state index is 0.0383. The molecule has 1 saturated heterocycles. The van der Waals surface area contributed by atoms with Crippen LogP contribution in [-0.2, 0) is 16.0 Å². The molecular weight excluding hydrogens is 270 g/mol. The van der Waals surface area contributed by atoms with E-state index in [1.807, 2.05) is 6.92 Å². The lowest BCUT2D eigenvalue weighted by Crippen LogP contribution is -2.41. The third-order valence-electron chi connectivity index (χ3n) is 3.69. The number of benzene rings is 1. The first-order valence-electron chi connectivity index (χ1n) is 7.28. The van der Waals surface area contributed by atoms with E-state index >= 15 is 0 Å². The zero-order chi connectivity index (χ0) is 15.2. The summed E-state index contributed by atoms with van der Waals surface area (Å²) in [7, 11) is 0. The van der Waals surface area contributed by atoms with Gasteiger partial charge in [-0.25, -0.2) is 4.79 Å². The number of carbonyl (C=O) groups is 2. The Morgan fingerprint density at radius 2 is 2.05 bits per heavy atom. The second-order valence-electron chi connectivity index (χ2n) is 5.47. The molecule has 0 spiro atoms. The summed E-state index contributed by atoms with van der Waals surface area (Å²) in [6, 6.07) is 6.85. The Bertz CT molecular complexity index is 498. The lowest BCUT2D eigenvalue weighted by atomic mass is 10.0. The van der Waals surface area contributed by atoms with Crippen LogP contribution in [0.5, 0.6) is 0 Å². The summed E-state index contributed by atoms with van der Waals surface area (Å²) < 4.78 is 5.45. The Labute approximate surface area is 124 Å². The van der Waals surface area contributed by atoms with Crippen LogP contribution in [0.3, 0.4) is 0 Å². The highest BCUT2D eigenvalue weighted by molar-refractivity contribution is 5.87. The molecule has 1 amide bonds. The fourth-order valence-electron chi connectivity index (χ4n) is 2.50. The molecule has 1 heterocycles. The Kier molecular flexibility index (Phi) is 5.33. The maximum Gasteiger partial charge on any atom is 0.335 e. The van der Waals surface area contributed by atoms with Crippen LogP contribution in [0.25, 0.3) is 0 Å². The Hall–Kier alpha value is -1.88. The fourth-order valence-corrected chi connectivity index (χ4v) is 2.50. The molecule has 114 valence electrons. The predicted molar refractivity (Wildman–Crippen MR) is 78.3 cm³/mol. The summed E-state index contributed by atoms with van der Waals surface area (Å²) in [5.41, 5.74) is 1.23. The molecule has 0 radical (unpaired) electrons. The molecule has 0 saturated carbocycles. The van der Waals surface area contributed by atoms with Crippen molar-refractivity contribution in [1.29, 1.82) is 0 Å². The van der Waals surface area contributed by atoms with E-state index in [2.05, 4.69) is 5.32 Å². The van der Waals surface area contributed by atoms with Gasteiger partial charge < -0.3 is 15.2 Å². The highest BCUT2D eigenvalue weighted by atomic mass is 16.5. The van der Waals surface area contributed by atoms with Crippen molar-refractivity contribution in [2.24, 2.45) is 0 Å². The lowest BCUT2D eigenvalue weighted by Gasteiger charge is -2.27. The number of carboxylic acids is 1. The summed E-state index contributed by atoms with van der Waals surface area (Å²) in [6.07, 6.45) is 2.96. The molecule has 0 aromatic heterocycles. The molecule has 0 aliphatic carbocycles. The number of aromatic carboxylic acids is 1. The zero-order valence-corrected chi connectivity index (χ0v) is 12.2. The van der Waals surface area contributed by atoms with Crippen molar-refractivity contribution < 1.29 is 19.4 Å². The molecular formula is C16H21NO4. The van der Waals surface area contributed by atoms with Crippen LogP contribution in [-0.4, -0.2) is 35.7 Å². The Morgan fingerprint density at radius 3 is 2.67 bits per heavy atom. The quantitative estimate of drug-likeness (QED) is 0.870. The first-order valence-corrected chi connectivity index (χ1v) is 7.28. The normalized spacial score (nSPS) is 21.8. The van der Waals surface area contributed by atoms with Gasteiger partial charge >= 0.3 is 5.97 Å². The number of ether oxygens (including phenoxy) is 1. The average Bonchev–Trinajstić information content (AvgIpc) is 2.45.